The third-order valence-electron chi connectivity index (χ3n) is 3.73. The molecule has 0 aliphatic carbocycles. The quantitative estimate of drug-likeness (QED) is 0.760. The fourth-order valence-electron chi connectivity index (χ4n) is 2.41. The van der Waals surface area contributed by atoms with Crippen LogP contribution < -0.4 is 4.90 Å². The van der Waals surface area contributed by atoms with Crippen LogP contribution in [-0.2, 0) is 14.6 Å². The second kappa shape index (κ2) is 7.31. The minimum Gasteiger partial charge on any atom is -0.441 e. The van der Waals surface area contributed by atoms with Crippen molar-refractivity contribution < 1.29 is 17.6 Å². The van der Waals surface area contributed by atoms with Gasteiger partial charge in [0.15, 0.2) is 10.8 Å². The maximum atomic E-state index is 12.6. The van der Waals surface area contributed by atoms with E-state index in [9.17, 15) is 13.7 Å². The molecule has 0 amide bonds. The van der Waals surface area contributed by atoms with Crippen LogP contribution in [0.4, 0.5) is 5.88 Å². The maximum Gasteiger partial charge on any atom is 0.216 e. The van der Waals surface area contributed by atoms with E-state index in [-0.39, 0.29) is 4.90 Å². The molecule has 2 heterocycles. The molecule has 0 N–H and O–H groups in total. The number of benzene rings is 1. The Hall–Kier alpha value is -2.27. The van der Waals surface area contributed by atoms with Crippen LogP contribution in [-0.4, -0.2) is 34.7 Å². The Balaban J connectivity index is 1.89. The van der Waals surface area contributed by atoms with Gasteiger partial charge in [0.25, 0.3) is 0 Å². The van der Waals surface area contributed by atoms with E-state index in [1.165, 1.54) is 30.3 Å². The topological polar surface area (TPSA) is 83.5 Å². The predicted molar refractivity (Wildman–Crippen MR) is 94.0 cm³/mol. The normalized spacial score (nSPS) is 15.8. The molecular formula is C17H15ClN2O4S. The van der Waals surface area contributed by atoms with Crippen LogP contribution in [0, 0.1) is 11.3 Å². The maximum absolute atomic E-state index is 12.6. The van der Waals surface area contributed by atoms with E-state index >= 15 is 0 Å². The average Bonchev–Trinajstić information content (AvgIpc) is 3.09. The summed E-state index contributed by atoms with van der Waals surface area (Å²) in [4.78, 5) is 1.61. The molecule has 1 aliphatic heterocycles. The summed E-state index contributed by atoms with van der Waals surface area (Å²) in [5.41, 5.74) is 0. The van der Waals surface area contributed by atoms with Crippen LogP contribution in [0.15, 0.2) is 50.6 Å². The number of nitriles is 1. The largest absolute Gasteiger partial charge is 0.441 e. The number of nitrogens with zero attached hydrogens (tertiary/aromatic N) is 2. The SMILES string of the molecule is N#CC(=Cc1ccc(N2CCOCC2)o1)S(=O)(=O)c1ccc(Cl)cc1. The summed E-state index contributed by atoms with van der Waals surface area (Å²) in [6.45, 7) is 2.62. The van der Waals surface area contributed by atoms with Crippen LogP contribution in [0.25, 0.3) is 6.08 Å². The molecule has 0 radical (unpaired) electrons. The van der Waals surface area contributed by atoms with Gasteiger partial charge in [-0.15, -0.1) is 0 Å². The Kier molecular flexibility index (Phi) is 5.13. The van der Waals surface area contributed by atoms with Gasteiger partial charge >= 0.3 is 0 Å². The Morgan fingerprint density at radius 1 is 1.16 bits per heavy atom. The van der Waals surface area contributed by atoms with Gasteiger partial charge in [-0.05, 0) is 30.3 Å². The molecule has 2 aromatic rings. The van der Waals surface area contributed by atoms with Crippen molar-refractivity contribution in [2.75, 3.05) is 31.2 Å². The number of halogens is 1. The summed E-state index contributed by atoms with van der Waals surface area (Å²) in [6, 6.07) is 10.8. The van der Waals surface area contributed by atoms with Crippen LogP contribution in [0.1, 0.15) is 5.76 Å². The minimum atomic E-state index is -3.93. The molecule has 25 heavy (non-hydrogen) atoms. The van der Waals surface area contributed by atoms with E-state index in [4.69, 9.17) is 20.8 Å². The number of hydrogen-bond acceptors (Lipinski definition) is 6. The van der Waals surface area contributed by atoms with Gasteiger partial charge in [-0.3, -0.25) is 0 Å². The number of ether oxygens (including phenoxy) is 1. The van der Waals surface area contributed by atoms with Gasteiger partial charge in [0.2, 0.25) is 9.84 Å². The standard InChI is InChI=1S/C17H15ClN2O4S/c18-13-1-4-15(5-2-13)25(21,22)16(12-19)11-14-3-6-17(24-14)20-7-9-23-10-8-20/h1-6,11H,7-10H2. The third kappa shape index (κ3) is 3.87. The van der Waals surface area contributed by atoms with Crippen molar-refractivity contribution in [1.29, 1.82) is 5.26 Å². The van der Waals surface area contributed by atoms with Gasteiger partial charge in [-0.25, -0.2) is 8.42 Å². The summed E-state index contributed by atoms with van der Waals surface area (Å²) in [5.74, 6) is 0.923. The van der Waals surface area contributed by atoms with Crippen molar-refractivity contribution in [3.8, 4) is 6.07 Å². The smallest absolute Gasteiger partial charge is 0.216 e. The number of hydrogen-bond donors (Lipinski definition) is 0. The first-order chi connectivity index (χ1) is 12.0. The van der Waals surface area contributed by atoms with Crippen LogP contribution >= 0.6 is 11.6 Å². The predicted octanol–water partition coefficient (Wildman–Crippen LogP) is 3.11. The van der Waals surface area contributed by atoms with Gasteiger partial charge in [0.05, 0.1) is 18.1 Å². The summed E-state index contributed by atoms with van der Waals surface area (Å²) in [6.07, 6.45) is 1.23. The highest BCUT2D eigenvalue weighted by atomic mass is 35.5. The van der Waals surface area contributed by atoms with Crippen molar-refractivity contribution in [3.63, 3.8) is 0 Å². The van der Waals surface area contributed by atoms with Crippen LogP contribution in [0.2, 0.25) is 5.02 Å². The minimum absolute atomic E-state index is 0.00431. The van der Waals surface area contributed by atoms with Crippen LogP contribution in [0.5, 0.6) is 0 Å². The van der Waals surface area contributed by atoms with Crippen molar-refractivity contribution in [3.05, 3.63) is 52.1 Å². The van der Waals surface area contributed by atoms with E-state index in [1.54, 1.807) is 18.2 Å². The zero-order valence-corrected chi connectivity index (χ0v) is 14.8. The van der Waals surface area contributed by atoms with Gasteiger partial charge in [-0.1, -0.05) is 11.6 Å². The Labute approximate surface area is 150 Å². The Morgan fingerprint density at radius 3 is 2.48 bits per heavy atom. The number of sulfone groups is 1. The molecule has 0 spiro atoms. The molecular weight excluding hydrogens is 364 g/mol. The van der Waals surface area contributed by atoms with E-state index < -0.39 is 14.7 Å². The molecule has 0 unspecified atom stereocenters. The fraction of sp³-hybridized carbons (Fsp3) is 0.235. The van der Waals surface area contributed by atoms with Crippen molar-refractivity contribution in [1.82, 2.24) is 0 Å². The number of allylic oxidation sites excluding steroid dienone is 1. The van der Waals surface area contributed by atoms with Crippen molar-refractivity contribution in [2.24, 2.45) is 0 Å². The first-order valence-corrected chi connectivity index (χ1v) is 9.42. The zero-order valence-electron chi connectivity index (χ0n) is 13.2. The van der Waals surface area contributed by atoms with E-state index in [0.717, 1.165) is 0 Å². The highest BCUT2D eigenvalue weighted by Gasteiger charge is 2.22. The number of furan rings is 1. The Morgan fingerprint density at radius 2 is 1.84 bits per heavy atom. The van der Waals surface area contributed by atoms with Gasteiger partial charge in [-0.2, -0.15) is 5.26 Å². The molecule has 3 rings (SSSR count). The monoisotopic (exact) mass is 378 g/mol. The van der Waals surface area contributed by atoms with E-state index in [1.807, 2.05) is 4.90 Å². The molecule has 8 heteroatoms. The molecule has 1 fully saturated rings. The molecule has 1 aromatic carbocycles. The summed E-state index contributed by atoms with van der Waals surface area (Å²) >= 11 is 5.78. The van der Waals surface area contributed by atoms with Gasteiger partial charge in [0.1, 0.15) is 11.8 Å². The van der Waals surface area contributed by atoms with E-state index in [0.29, 0.717) is 43.0 Å². The Bertz CT molecular complexity index is 920. The molecule has 0 atom stereocenters. The molecule has 1 saturated heterocycles. The first kappa shape index (κ1) is 17.5. The molecule has 0 bridgehead atoms. The van der Waals surface area contributed by atoms with Crippen molar-refractivity contribution in [2.45, 2.75) is 4.90 Å². The second-order valence-electron chi connectivity index (χ2n) is 5.35. The van der Waals surface area contributed by atoms with Gasteiger partial charge in [0, 0.05) is 30.3 Å². The van der Waals surface area contributed by atoms with E-state index in [2.05, 4.69) is 0 Å². The highest BCUT2D eigenvalue weighted by Crippen LogP contribution is 2.25. The lowest BCUT2D eigenvalue weighted by molar-refractivity contribution is 0.120. The fourth-order valence-corrected chi connectivity index (χ4v) is 3.68. The highest BCUT2D eigenvalue weighted by molar-refractivity contribution is 7.95. The summed E-state index contributed by atoms with van der Waals surface area (Å²) < 4.78 is 36.1. The summed E-state index contributed by atoms with van der Waals surface area (Å²) in [7, 11) is -3.93. The van der Waals surface area contributed by atoms with Crippen LogP contribution in [0.3, 0.4) is 0 Å². The zero-order chi connectivity index (χ0) is 17.9. The first-order valence-electron chi connectivity index (χ1n) is 7.56. The van der Waals surface area contributed by atoms with Crippen molar-refractivity contribution >= 4 is 33.4 Å². The lowest BCUT2D eigenvalue weighted by atomic mass is 10.4. The molecule has 1 aromatic heterocycles. The number of rotatable bonds is 4. The third-order valence-corrected chi connectivity index (χ3v) is 5.67. The molecule has 1 aliphatic rings. The molecule has 6 nitrogen and oxygen atoms in total. The molecule has 0 saturated carbocycles. The molecule has 130 valence electrons. The average molecular weight is 379 g/mol. The lowest BCUT2D eigenvalue weighted by Gasteiger charge is -2.26. The number of morpholine rings is 1. The van der Waals surface area contributed by atoms with Gasteiger partial charge < -0.3 is 14.1 Å². The summed E-state index contributed by atoms with van der Waals surface area (Å²) in [5, 5.41) is 9.72. The number of anilines is 1. The second-order valence-corrected chi connectivity index (χ2v) is 7.71. The lowest BCUT2D eigenvalue weighted by Crippen LogP contribution is -2.35.